The Morgan fingerprint density at radius 3 is 1.72 bits per heavy atom. The van der Waals surface area contributed by atoms with Gasteiger partial charge in [-0.15, -0.1) is 0 Å². The van der Waals surface area contributed by atoms with E-state index in [0.29, 0.717) is 74.1 Å². The molecule has 4 amide bonds. The molecule has 1 aromatic heterocycles. The molecule has 2 bridgehead atoms. The molecule has 0 radical (unpaired) electrons. The van der Waals surface area contributed by atoms with Gasteiger partial charge in [0.25, 0.3) is 5.91 Å². The maximum absolute atomic E-state index is 16.0. The molecule has 81 heavy (non-hydrogen) atoms. The Labute approximate surface area is 459 Å². The number of carbonyl (C=O) groups is 4. The first-order chi connectivity index (χ1) is 38.0. The fraction of sp³-hybridized carbons (Fsp3) is 0.500. The molecule has 4 aromatic rings. The molecule has 17 nitrogen and oxygen atoms in total. The number of halogens is 10. The second kappa shape index (κ2) is 24.9. The highest BCUT2D eigenvalue weighted by Gasteiger charge is 2.57. The van der Waals surface area contributed by atoms with Gasteiger partial charge in [-0.2, -0.15) is 40.2 Å². The number of hydrogen-bond acceptors (Lipinski definition) is 12. The van der Waals surface area contributed by atoms with Gasteiger partial charge in [0.1, 0.15) is 23.7 Å². The van der Waals surface area contributed by atoms with Gasteiger partial charge < -0.3 is 40.2 Å². The summed E-state index contributed by atoms with van der Waals surface area (Å²) in [6.45, 7) is 0.222. The normalized spacial score (nSPS) is 18.5. The molecule has 3 aliphatic heterocycles. The number of carbonyl (C=O) groups excluding carboxylic acids is 4. The Morgan fingerprint density at radius 1 is 0.753 bits per heavy atom. The molecule has 2 unspecified atom stereocenters. The SMILES string of the molecule is COC(=O)N[C@H](C(=O)N[C@@H](Cc1ccc(C#Cc2ccc(N3CC4CCC(C3)N4C3COC3)cc2)cc1)[C@@H](O)CN(Cc1c(F)cc(-c2ccn(C(F)F)n2)cc1F)NC(=O)[C@@H](NC(=O)OC)C(C)(C)C(F)(F)F)C(C)(C)C(F)(F)F. The zero-order chi connectivity index (χ0) is 59.4. The molecule has 3 saturated heterocycles. The number of hydrogen-bond donors (Lipinski definition) is 5. The monoisotopic (exact) mass is 1150 g/mol. The number of nitrogens with one attached hydrogen (secondary N) is 4. The second-order valence-electron chi connectivity index (χ2n) is 21.1. The predicted molar refractivity (Wildman–Crippen MR) is 272 cm³/mol. The Kier molecular flexibility index (Phi) is 18.9. The van der Waals surface area contributed by atoms with E-state index in [1.807, 2.05) is 35.0 Å². The smallest absolute Gasteiger partial charge is 0.407 e. The van der Waals surface area contributed by atoms with E-state index in [4.69, 9.17) is 4.74 Å². The van der Waals surface area contributed by atoms with Crippen LogP contribution < -0.4 is 26.3 Å². The quantitative estimate of drug-likeness (QED) is 0.0361. The summed E-state index contributed by atoms with van der Waals surface area (Å²) in [4.78, 5) is 57.9. The molecular weight excluding hydrogens is 1090 g/mol. The topological polar surface area (TPSA) is 192 Å². The lowest BCUT2D eigenvalue weighted by Crippen LogP contribution is -2.63. The number of rotatable bonds is 19. The molecule has 7 rings (SSSR count). The highest BCUT2D eigenvalue weighted by molar-refractivity contribution is 5.87. The lowest BCUT2D eigenvalue weighted by molar-refractivity contribution is -0.221. The highest BCUT2D eigenvalue weighted by atomic mass is 19.4. The van der Waals surface area contributed by atoms with Crippen LogP contribution in [0.2, 0.25) is 0 Å². The number of amides is 4. The minimum atomic E-state index is -5.23. The van der Waals surface area contributed by atoms with E-state index < -0.39 is 115 Å². The molecule has 27 heteroatoms. The largest absolute Gasteiger partial charge is 0.453 e. The predicted octanol–water partition coefficient (Wildman–Crippen LogP) is 7.22. The van der Waals surface area contributed by atoms with Gasteiger partial charge in [0, 0.05) is 72.4 Å². The minimum Gasteiger partial charge on any atom is -0.453 e. The number of aliphatic hydroxyl groups excluding tert-OH is 1. The number of alkyl halides is 8. The van der Waals surface area contributed by atoms with Crippen LogP contribution in [0.15, 0.2) is 72.9 Å². The van der Waals surface area contributed by atoms with Crippen LogP contribution in [0, 0.1) is 34.3 Å². The molecule has 3 aromatic carbocycles. The van der Waals surface area contributed by atoms with Crippen molar-refractivity contribution in [3.63, 3.8) is 0 Å². The Balaban J connectivity index is 1.18. The first kappa shape index (κ1) is 61.5. The van der Waals surface area contributed by atoms with Crippen LogP contribution in [0.3, 0.4) is 0 Å². The van der Waals surface area contributed by atoms with Crippen molar-refractivity contribution in [1.29, 1.82) is 0 Å². The lowest BCUT2D eigenvalue weighted by atomic mass is 9.82. The molecule has 0 aliphatic carbocycles. The molecule has 5 N–H and O–H groups in total. The fourth-order valence-electron chi connectivity index (χ4n) is 9.81. The number of aromatic nitrogens is 2. The van der Waals surface area contributed by atoms with E-state index in [1.165, 1.54) is 12.1 Å². The summed E-state index contributed by atoms with van der Waals surface area (Å²) < 4.78 is 161. The number of hydrazine groups is 1. The highest BCUT2D eigenvalue weighted by Crippen LogP contribution is 2.42. The third kappa shape index (κ3) is 14.3. The number of anilines is 1. The van der Waals surface area contributed by atoms with Crippen LogP contribution in [0.1, 0.15) is 69.3 Å². The standard InChI is InChI=1S/C54H61F10N9O8/c1-51(2,53(59,60)61)44(66-49(77)79-5)46(75)65-42(21-32-11-9-30(10-12-32)7-8-31-13-15-34(16-14-31)70-24-35-17-18-36(25-70)73(35)37-28-81-29-37)43(74)27-71(69-47(76)45(67-50(78)80-6)52(3,4)54(62,63)64)26-38-39(55)22-33(23-40(38)56)41-19-20-72(68-41)48(57)58/h9-16,19-20,22-23,35-37,42-45,48,74H,17-18,21,24-29H2,1-6H3,(H,65,75)(H,66,77)(H,67,78)(H,69,76)/t35?,36?,42-,43-,44+,45+/m0/s1. The van der Waals surface area contributed by atoms with Crippen molar-refractivity contribution < 1.29 is 82.4 Å². The second-order valence-corrected chi connectivity index (χ2v) is 21.1. The number of fused-ring (bicyclic) bond motifs is 2. The maximum Gasteiger partial charge on any atom is 0.407 e. The van der Waals surface area contributed by atoms with E-state index in [1.54, 1.807) is 17.4 Å². The van der Waals surface area contributed by atoms with Gasteiger partial charge in [0.2, 0.25) is 5.91 Å². The van der Waals surface area contributed by atoms with Crippen molar-refractivity contribution >= 4 is 29.7 Å². The summed E-state index contributed by atoms with van der Waals surface area (Å²) >= 11 is 0. The van der Waals surface area contributed by atoms with Crippen LogP contribution in [0.5, 0.6) is 0 Å². The number of benzene rings is 3. The van der Waals surface area contributed by atoms with Gasteiger partial charge in [-0.05, 0) is 107 Å². The zero-order valence-electron chi connectivity index (χ0n) is 44.7. The average Bonchev–Trinajstić information content (AvgIpc) is 3.98. The van der Waals surface area contributed by atoms with Crippen molar-refractivity contribution in [2.75, 3.05) is 52.0 Å². The summed E-state index contributed by atoms with van der Waals surface area (Å²) in [5, 5.41) is 22.1. The van der Waals surface area contributed by atoms with Crippen molar-refractivity contribution in [2.24, 2.45) is 10.8 Å². The van der Waals surface area contributed by atoms with Crippen molar-refractivity contribution in [1.82, 2.24) is 41.1 Å². The van der Waals surface area contributed by atoms with Gasteiger partial charge in [0.15, 0.2) is 0 Å². The summed E-state index contributed by atoms with van der Waals surface area (Å²) in [6.07, 6.45) is -12.9. The van der Waals surface area contributed by atoms with Gasteiger partial charge in [0.05, 0.1) is 62.1 Å². The molecule has 3 aliphatic rings. The number of aliphatic hydroxyl groups is 1. The number of methoxy groups -OCH3 is 2. The van der Waals surface area contributed by atoms with Crippen LogP contribution in [-0.4, -0.2) is 151 Å². The van der Waals surface area contributed by atoms with E-state index in [9.17, 15) is 59.4 Å². The van der Waals surface area contributed by atoms with E-state index in [-0.39, 0.29) is 21.5 Å². The molecule has 6 atom stereocenters. The van der Waals surface area contributed by atoms with E-state index in [2.05, 4.69) is 41.5 Å². The summed E-state index contributed by atoms with van der Waals surface area (Å²) in [5.41, 5.74) is -3.18. The molecule has 4 heterocycles. The van der Waals surface area contributed by atoms with Gasteiger partial charge in [-0.25, -0.2) is 28.1 Å². The van der Waals surface area contributed by atoms with Gasteiger partial charge in [-0.1, -0.05) is 24.0 Å². The Morgan fingerprint density at radius 2 is 1.26 bits per heavy atom. The molecule has 440 valence electrons. The van der Waals surface area contributed by atoms with Crippen LogP contribution in [0.4, 0.5) is 59.2 Å². The minimum absolute atomic E-state index is 0.201. The lowest BCUT2D eigenvalue weighted by Gasteiger charge is -2.48. The van der Waals surface area contributed by atoms with Gasteiger partial charge in [-0.3, -0.25) is 19.9 Å². The van der Waals surface area contributed by atoms with E-state index >= 15 is 8.78 Å². The third-order valence-corrected chi connectivity index (χ3v) is 15.0. The van der Waals surface area contributed by atoms with Crippen LogP contribution in [-0.2, 0) is 36.8 Å². The molecule has 3 fully saturated rings. The van der Waals surface area contributed by atoms with Crippen LogP contribution in [0.25, 0.3) is 11.3 Å². The van der Waals surface area contributed by atoms with Crippen molar-refractivity contribution in [3.05, 3.63) is 107 Å². The Hall–Kier alpha value is -7.15. The summed E-state index contributed by atoms with van der Waals surface area (Å²) in [7, 11) is 1.61. The zero-order valence-corrected chi connectivity index (χ0v) is 44.7. The maximum atomic E-state index is 16.0. The molecule has 0 saturated carbocycles. The van der Waals surface area contributed by atoms with Gasteiger partial charge >= 0.3 is 31.1 Å². The van der Waals surface area contributed by atoms with Crippen LogP contribution >= 0.6 is 0 Å². The number of nitrogens with zero attached hydrogens (tertiary/aromatic N) is 5. The first-order valence-corrected chi connectivity index (χ1v) is 25.5. The average molecular weight is 1150 g/mol. The molecule has 0 spiro atoms. The fourth-order valence-corrected chi connectivity index (χ4v) is 9.81. The van der Waals surface area contributed by atoms with Crippen molar-refractivity contribution in [3.8, 4) is 23.1 Å². The first-order valence-electron chi connectivity index (χ1n) is 25.5. The van der Waals surface area contributed by atoms with Crippen molar-refractivity contribution in [2.45, 2.75) is 115 Å². The third-order valence-electron chi connectivity index (χ3n) is 15.0. The number of alkyl carbamates (subject to hydrolysis) is 2. The summed E-state index contributed by atoms with van der Waals surface area (Å²) in [5.74, 6) is 0.0905. The number of piperazine rings is 1. The van der Waals surface area contributed by atoms with E-state index in [0.717, 1.165) is 71.3 Å². The summed E-state index contributed by atoms with van der Waals surface area (Å²) in [6, 6.07) is 10.9. The number of ether oxygens (including phenoxy) is 3. The Bertz CT molecular complexity index is 2910. The molecular formula is C54H61F10N9O8.